The van der Waals surface area contributed by atoms with Gasteiger partial charge in [0, 0.05) is 4.47 Å². The van der Waals surface area contributed by atoms with Crippen LogP contribution < -0.4 is 0 Å². The zero-order chi connectivity index (χ0) is 14.3. The molecule has 1 heterocycles. The van der Waals surface area contributed by atoms with Gasteiger partial charge in [0.15, 0.2) is 0 Å². The first-order valence-electron chi connectivity index (χ1n) is 5.76. The lowest BCUT2D eigenvalue weighted by Gasteiger charge is -2.14. The monoisotopic (exact) mass is 340 g/mol. The molecule has 102 valence electrons. The quantitative estimate of drug-likeness (QED) is 0.621. The van der Waals surface area contributed by atoms with Gasteiger partial charge in [-0.1, -0.05) is 28.1 Å². The van der Waals surface area contributed by atoms with Crippen LogP contribution in [-0.2, 0) is 6.18 Å². The second kappa shape index (κ2) is 4.63. The Hall–Kier alpha value is -1.82. The van der Waals surface area contributed by atoms with Crippen molar-refractivity contribution in [2.45, 2.75) is 6.18 Å². The SMILES string of the molecule is FC(F)(F)c1ccc(Br)cc1-n1cnc2ccccc21. The van der Waals surface area contributed by atoms with Crippen molar-refractivity contribution >= 4 is 27.0 Å². The molecule has 2 nitrogen and oxygen atoms in total. The Kier molecular flexibility index (Phi) is 3.05. The van der Waals surface area contributed by atoms with Crippen molar-refractivity contribution < 1.29 is 13.2 Å². The number of halogens is 4. The second-order valence-corrected chi connectivity index (χ2v) is 5.18. The molecule has 0 radical (unpaired) electrons. The molecular weight excluding hydrogens is 333 g/mol. The van der Waals surface area contributed by atoms with Crippen molar-refractivity contribution in [3.8, 4) is 5.69 Å². The summed E-state index contributed by atoms with van der Waals surface area (Å²) >= 11 is 3.21. The van der Waals surface area contributed by atoms with Gasteiger partial charge >= 0.3 is 6.18 Å². The molecule has 0 saturated heterocycles. The summed E-state index contributed by atoms with van der Waals surface area (Å²) in [6.45, 7) is 0. The first-order chi connectivity index (χ1) is 9.47. The summed E-state index contributed by atoms with van der Waals surface area (Å²) in [7, 11) is 0. The fourth-order valence-corrected chi connectivity index (χ4v) is 2.44. The van der Waals surface area contributed by atoms with Gasteiger partial charge in [-0.15, -0.1) is 0 Å². The Morgan fingerprint density at radius 2 is 1.80 bits per heavy atom. The van der Waals surface area contributed by atoms with Crippen LogP contribution in [0.4, 0.5) is 13.2 Å². The molecule has 20 heavy (non-hydrogen) atoms. The highest BCUT2D eigenvalue weighted by Gasteiger charge is 2.34. The lowest BCUT2D eigenvalue weighted by Crippen LogP contribution is -2.10. The third kappa shape index (κ3) is 2.20. The minimum absolute atomic E-state index is 0.0561. The highest BCUT2D eigenvalue weighted by atomic mass is 79.9. The molecule has 6 heteroatoms. The molecule has 0 saturated carbocycles. The fourth-order valence-electron chi connectivity index (χ4n) is 2.09. The van der Waals surface area contributed by atoms with Crippen LogP contribution in [0.3, 0.4) is 0 Å². The Labute approximate surface area is 121 Å². The standard InChI is InChI=1S/C14H8BrF3N2/c15-9-5-6-10(14(16,17)18)13(7-9)20-8-19-11-3-1-2-4-12(11)20/h1-8H. The summed E-state index contributed by atoms with van der Waals surface area (Å²) in [6.07, 6.45) is -3.01. The maximum absolute atomic E-state index is 13.1. The third-order valence-corrected chi connectivity index (χ3v) is 3.47. The zero-order valence-corrected chi connectivity index (χ0v) is 11.6. The lowest BCUT2D eigenvalue weighted by atomic mass is 10.1. The maximum atomic E-state index is 13.1. The summed E-state index contributed by atoms with van der Waals surface area (Å²) in [5, 5.41) is 0. The van der Waals surface area contributed by atoms with Crippen molar-refractivity contribution in [3.63, 3.8) is 0 Å². The number of alkyl halides is 3. The number of aromatic nitrogens is 2. The molecule has 0 aliphatic carbocycles. The van der Waals surface area contributed by atoms with E-state index >= 15 is 0 Å². The molecule has 2 aromatic carbocycles. The van der Waals surface area contributed by atoms with E-state index in [9.17, 15) is 13.2 Å². The van der Waals surface area contributed by atoms with Crippen molar-refractivity contribution in [1.29, 1.82) is 0 Å². The molecule has 0 aliphatic heterocycles. The predicted octanol–water partition coefficient (Wildman–Crippen LogP) is 4.81. The lowest BCUT2D eigenvalue weighted by molar-refractivity contribution is -0.137. The molecule has 0 fully saturated rings. The Morgan fingerprint density at radius 1 is 1.05 bits per heavy atom. The van der Waals surface area contributed by atoms with Gasteiger partial charge in [0.05, 0.1) is 22.3 Å². The van der Waals surface area contributed by atoms with E-state index < -0.39 is 11.7 Å². The van der Waals surface area contributed by atoms with Crippen LogP contribution in [0.5, 0.6) is 0 Å². The molecule has 0 unspecified atom stereocenters. The fraction of sp³-hybridized carbons (Fsp3) is 0.0714. The smallest absolute Gasteiger partial charge is 0.298 e. The van der Waals surface area contributed by atoms with Gasteiger partial charge in [0.2, 0.25) is 0 Å². The van der Waals surface area contributed by atoms with Crippen LogP contribution in [0, 0.1) is 0 Å². The summed E-state index contributed by atoms with van der Waals surface area (Å²) in [4.78, 5) is 4.13. The maximum Gasteiger partial charge on any atom is 0.418 e. The van der Waals surface area contributed by atoms with E-state index in [1.165, 1.54) is 23.0 Å². The number of fused-ring (bicyclic) bond motifs is 1. The number of imidazole rings is 1. The highest BCUT2D eigenvalue weighted by Crippen LogP contribution is 2.36. The normalized spacial score (nSPS) is 12.0. The summed E-state index contributed by atoms with van der Waals surface area (Å²) in [5.74, 6) is 0. The molecule has 0 N–H and O–H groups in total. The minimum atomic E-state index is -4.42. The number of benzene rings is 2. The van der Waals surface area contributed by atoms with E-state index in [4.69, 9.17) is 0 Å². The number of rotatable bonds is 1. The van der Waals surface area contributed by atoms with E-state index in [2.05, 4.69) is 20.9 Å². The van der Waals surface area contributed by atoms with E-state index in [1.807, 2.05) is 0 Å². The Balaban J connectivity index is 2.31. The molecule has 3 rings (SSSR count). The number of hydrogen-bond acceptors (Lipinski definition) is 1. The number of hydrogen-bond donors (Lipinski definition) is 0. The van der Waals surface area contributed by atoms with Gasteiger partial charge in [-0.3, -0.25) is 4.57 Å². The average Bonchev–Trinajstić information content (AvgIpc) is 2.80. The molecule has 0 bridgehead atoms. The van der Waals surface area contributed by atoms with E-state index in [0.29, 0.717) is 15.5 Å². The number of nitrogens with zero attached hydrogens (tertiary/aromatic N) is 2. The van der Waals surface area contributed by atoms with Crippen molar-refractivity contribution in [2.24, 2.45) is 0 Å². The summed E-state index contributed by atoms with van der Waals surface area (Å²) in [6, 6.07) is 11.0. The first-order valence-corrected chi connectivity index (χ1v) is 6.55. The van der Waals surface area contributed by atoms with Gasteiger partial charge in [0.1, 0.15) is 6.33 Å². The molecule has 3 aromatic rings. The Bertz CT molecular complexity index is 777. The second-order valence-electron chi connectivity index (χ2n) is 4.26. The molecule has 1 aromatic heterocycles. The van der Waals surface area contributed by atoms with E-state index in [-0.39, 0.29) is 5.69 Å². The molecule has 0 atom stereocenters. The third-order valence-electron chi connectivity index (χ3n) is 2.98. The minimum Gasteiger partial charge on any atom is -0.298 e. The van der Waals surface area contributed by atoms with Crippen LogP contribution in [0.15, 0.2) is 53.3 Å². The highest BCUT2D eigenvalue weighted by molar-refractivity contribution is 9.10. The van der Waals surface area contributed by atoms with Gasteiger partial charge in [0.25, 0.3) is 0 Å². The van der Waals surface area contributed by atoms with Gasteiger partial charge in [-0.2, -0.15) is 13.2 Å². The van der Waals surface area contributed by atoms with Crippen LogP contribution >= 0.6 is 15.9 Å². The molecule has 0 amide bonds. The van der Waals surface area contributed by atoms with Crippen LogP contribution in [0.25, 0.3) is 16.7 Å². The van der Waals surface area contributed by atoms with Crippen LogP contribution in [-0.4, -0.2) is 9.55 Å². The van der Waals surface area contributed by atoms with Crippen molar-refractivity contribution in [3.05, 3.63) is 58.8 Å². The molecular formula is C14H8BrF3N2. The largest absolute Gasteiger partial charge is 0.418 e. The van der Waals surface area contributed by atoms with E-state index in [0.717, 1.165) is 6.07 Å². The van der Waals surface area contributed by atoms with Crippen LogP contribution in [0.1, 0.15) is 5.56 Å². The zero-order valence-electron chi connectivity index (χ0n) is 10.0. The van der Waals surface area contributed by atoms with Gasteiger partial charge in [-0.25, -0.2) is 4.98 Å². The average molecular weight is 341 g/mol. The molecule has 0 spiro atoms. The van der Waals surface area contributed by atoms with Crippen molar-refractivity contribution in [1.82, 2.24) is 9.55 Å². The topological polar surface area (TPSA) is 17.8 Å². The van der Waals surface area contributed by atoms with Crippen molar-refractivity contribution in [2.75, 3.05) is 0 Å². The number of para-hydroxylation sites is 2. The van der Waals surface area contributed by atoms with Crippen LogP contribution in [0.2, 0.25) is 0 Å². The summed E-state index contributed by atoms with van der Waals surface area (Å²) in [5.41, 5.74) is 0.654. The molecule has 0 aliphatic rings. The predicted molar refractivity (Wildman–Crippen MR) is 73.8 cm³/mol. The Morgan fingerprint density at radius 3 is 2.55 bits per heavy atom. The summed E-state index contributed by atoms with van der Waals surface area (Å²) < 4.78 is 41.4. The first kappa shape index (κ1) is 13.2. The van der Waals surface area contributed by atoms with Gasteiger partial charge < -0.3 is 0 Å². The van der Waals surface area contributed by atoms with Gasteiger partial charge in [-0.05, 0) is 30.3 Å². The van der Waals surface area contributed by atoms with E-state index in [1.54, 1.807) is 24.3 Å².